The summed E-state index contributed by atoms with van der Waals surface area (Å²) in [6, 6.07) is 16.8. The molecule has 0 atom stereocenters. The number of hydrogen-bond donors (Lipinski definition) is 0. The summed E-state index contributed by atoms with van der Waals surface area (Å²) in [6.07, 6.45) is 1.60. The predicted octanol–water partition coefficient (Wildman–Crippen LogP) is 4.96. The van der Waals surface area contributed by atoms with Crippen molar-refractivity contribution >= 4 is 37.6 Å². The molecule has 7 nitrogen and oxygen atoms in total. The van der Waals surface area contributed by atoms with Crippen LogP contribution in [0.5, 0.6) is 11.5 Å². The molecule has 9 heteroatoms. The highest BCUT2D eigenvalue weighted by Crippen LogP contribution is 2.34. The maximum absolute atomic E-state index is 13.3. The van der Waals surface area contributed by atoms with Crippen LogP contribution in [0.1, 0.15) is 27.9 Å². The summed E-state index contributed by atoms with van der Waals surface area (Å²) in [5.74, 6) is 0.556. The van der Waals surface area contributed by atoms with Crippen LogP contribution in [0, 0.1) is 0 Å². The van der Waals surface area contributed by atoms with Gasteiger partial charge in [0.2, 0.25) is 0 Å². The molecule has 3 aromatic rings. The third kappa shape index (κ3) is 4.76. The van der Waals surface area contributed by atoms with Crippen molar-refractivity contribution in [3.8, 4) is 11.5 Å². The Morgan fingerprint density at radius 3 is 2.41 bits per heavy atom. The van der Waals surface area contributed by atoms with E-state index in [2.05, 4.69) is 15.9 Å². The van der Waals surface area contributed by atoms with Crippen LogP contribution >= 0.6 is 15.9 Å². The molecule has 0 spiro atoms. The third-order valence-electron chi connectivity index (χ3n) is 5.66. The number of rotatable bonds is 7. The zero-order valence-electron chi connectivity index (χ0n) is 18.8. The lowest BCUT2D eigenvalue weighted by Crippen LogP contribution is -2.35. The second-order valence-corrected chi connectivity index (χ2v) is 10.4. The Bertz CT molecular complexity index is 1310. The van der Waals surface area contributed by atoms with Crippen molar-refractivity contribution in [2.45, 2.75) is 24.3 Å². The van der Waals surface area contributed by atoms with Crippen LogP contribution in [0.15, 0.2) is 70.0 Å². The fraction of sp³-hybridized carbons (Fsp3) is 0.240. The Labute approximate surface area is 207 Å². The van der Waals surface area contributed by atoms with E-state index in [0.29, 0.717) is 29.3 Å². The van der Waals surface area contributed by atoms with Crippen molar-refractivity contribution in [3.63, 3.8) is 0 Å². The Morgan fingerprint density at radius 1 is 1.00 bits per heavy atom. The molecule has 0 unspecified atom stereocenters. The molecule has 0 bridgehead atoms. The number of para-hydroxylation sites is 1. The second kappa shape index (κ2) is 10.1. The Morgan fingerprint density at radius 2 is 1.71 bits per heavy atom. The van der Waals surface area contributed by atoms with Gasteiger partial charge in [-0.3, -0.25) is 4.31 Å². The second-order valence-electron chi connectivity index (χ2n) is 7.71. The van der Waals surface area contributed by atoms with Crippen molar-refractivity contribution in [1.29, 1.82) is 0 Å². The zero-order valence-corrected chi connectivity index (χ0v) is 21.2. The monoisotopic (exact) mass is 545 g/mol. The molecule has 0 aromatic heterocycles. The van der Waals surface area contributed by atoms with Crippen LogP contribution < -0.4 is 13.8 Å². The molecule has 34 heavy (non-hydrogen) atoms. The topological polar surface area (TPSA) is 82.1 Å². The molecule has 0 radical (unpaired) electrons. The van der Waals surface area contributed by atoms with E-state index in [4.69, 9.17) is 14.2 Å². The fourth-order valence-electron chi connectivity index (χ4n) is 3.90. The van der Waals surface area contributed by atoms with Crippen LogP contribution in [-0.4, -0.2) is 35.2 Å². The number of esters is 1. The van der Waals surface area contributed by atoms with Gasteiger partial charge in [-0.25, -0.2) is 13.2 Å². The first-order valence-electron chi connectivity index (χ1n) is 10.6. The molecule has 0 saturated heterocycles. The molecule has 0 fully saturated rings. The average molecular weight is 546 g/mol. The maximum Gasteiger partial charge on any atom is 0.338 e. The minimum absolute atomic E-state index is 0.0315. The van der Waals surface area contributed by atoms with Crippen LogP contribution in [0.25, 0.3) is 0 Å². The lowest BCUT2D eigenvalue weighted by molar-refractivity contribution is 0.0469. The van der Waals surface area contributed by atoms with Gasteiger partial charge in [0.15, 0.2) is 0 Å². The Hall–Kier alpha value is -3.04. The standard InChI is InChI=1S/C25H24BrNO6S/c1-31-23-15-21(26)24(32-2)14-19(23)16-33-25(28)18-9-11-20(12-10-18)34(29,30)27-13-5-7-17-6-3-4-8-22(17)27/h3-4,6,8-12,14-15H,5,7,13,16H2,1-2H3. The number of carbonyl (C=O) groups is 1. The number of aryl methyl sites for hydroxylation is 1. The van der Waals surface area contributed by atoms with Crippen LogP contribution in [0.2, 0.25) is 0 Å². The van der Waals surface area contributed by atoms with Crippen LogP contribution in [0.3, 0.4) is 0 Å². The highest BCUT2D eigenvalue weighted by Gasteiger charge is 2.29. The number of anilines is 1. The number of nitrogens with zero attached hydrogens (tertiary/aromatic N) is 1. The van der Waals surface area contributed by atoms with E-state index in [0.717, 1.165) is 22.9 Å². The van der Waals surface area contributed by atoms with E-state index in [1.165, 1.54) is 35.7 Å². The smallest absolute Gasteiger partial charge is 0.338 e. The number of methoxy groups -OCH3 is 2. The average Bonchev–Trinajstić information content (AvgIpc) is 2.87. The van der Waals surface area contributed by atoms with E-state index in [9.17, 15) is 13.2 Å². The summed E-state index contributed by atoms with van der Waals surface area (Å²) >= 11 is 3.39. The van der Waals surface area contributed by atoms with E-state index in [-0.39, 0.29) is 17.1 Å². The first kappa shape index (κ1) is 24.1. The lowest BCUT2D eigenvalue weighted by atomic mass is 10.0. The van der Waals surface area contributed by atoms with Gasteiger partial charge in [0.05, 0.1) is 34.8 Å². The molecular formula is C25H24BrNO6S. The molecule has 0 saturated carbocycles. The number of fused-ring (bicyclic) bond motifs is 1. The molecule has 0 N–H and O–H groups in total. The van der Waals surface area contributed by atoms with Gasteiger partial charge >= 0.3 is 5.97 Å². The maximum atomic E-state index is 13.3. The number of halogens is 1. The van der Waals surface area contributed by atoms with Crippen molar-refractivity contribution in [3.05, 3.63) is 81.8 Å². The molecule has 4 rings (SSSR count). The molecule has 178 valence electrons. The van der Waals surface area contributed by atoms with E-state index < -0.39 is 16.0 Å². The van der Waals surface area contributed by atoms with Crippen molar-refractivity contribution in [2.75, 3.05) is 25.1 Å². The van der Waals surface area contributed by atoms with Crippen molar-refractivity contribution in [2.24, 2.45) is 0 Å². The molecule has 0 aliphatic carbocycles. The molecule has 1 heterocycles. The summed E-state index contributed by atoms with van der Waals surface area (Å²) in [5, 5.41) is 0. The highest BCUT2D eigenvalue weighted by atomic mass is 79.9. The van der Waals surface area contributed by atoms with E-state index >= 15 is 0 Å². The van der Waals surface area contributed by atoms with Gasteiger partial charge in [0, 0.05) is 12.1 Å². The first-order valence-corrected chi connectivity index (χ1v) is 12.9. The van der Waals surface area contributed by atoms with Crippen LogP contribution in [0.4, 0.5) is 5.69 Å². The predicted molar refractivity (Wildman–Crippen MR) is 132 cm³/mol. The molecule has 0 amide bonds. The van der Waals surface area contributed by atoms with Gasteiger partial charge in [-0.1, -0.05) is 18.2 Å². The Kier molecular flexibility index (Phi) is 7.13. The van der Waals surface area contributed by atoms with Gasteiger partial charge in [0.1, 0.15) is 18.1 Å². The molecule has 1 aliphatic heterocycles. The first-order chi connectivity index (χ1) is 16.3. The summed E-state index contributed by atoms with van der Waals surface area (Å²) in [4.78, 5) is 12.7. The summed E-state index contributed by atoms with van der Waals surface area (Å²) in [6.45, 7) is 0.387. The van der Waals surface area contributed by atoms with E-state index in [1.54, 1.807) is 19.2 Å². The number of carbonyl (C=O) groups excluding carboxylic acids is 1. The quantitative estimate of drug-likeness (QED) is 0.390. The lowest BCUT2D eigenvalue weighted by Gasteiger charge is -2.30. The number of hydrogen-bond acceptors (Lipinski definition) is 6. The third-order valence-corrected chi connectivity index (χ3v) is 8.11. The number of benzene rings is 3. The Balaban J connectivity index is 1.50. The SMILES string of the molecule is COc1cc(COC(=O)c2ccc(S(=O)(=O)N3CCCc4ccccc43)cc2)c(OC)cc1Br. The minimum Gasteiger partial charge on any atom is -0.496 e. The van der Waals surface area contributed by atoms with Crippen LogP contribution in [-0.2, 0) is 27.8 Å². The summed E-state index contributed by atoms with van der Waals surface area (Å²) < 4.78 is 44.8. The van der Waals surface area contributed by atoms with Gasteiger partial charge in [-0.05, 0) is 76.8 Å². The van der Waals surface area contributed by atoms with Gasteiger partial charge in [-0.2, -0.15) is 0 Å². The molecule has 1 aliphatic rings. The number of sulfonamides is 1. The summed E-state index contributed by atoms with van der Waals surface area (Å²) in [7, 11) is -0.678. The molecule has 3 aromatic carbocycles. The minimum atomic E-state index is -3.75. The highest BCUT2D eigenvalue weighted by molar-refractivity contribution is 9.10. The molecular weight excluding hydrogens is 522 g/mol. The van der Waals surface area contributed by atoms with Crippen molar-refractivity contribution < 1.29 is 27.4 Å². The van der Waals surface area contributed by atoms with Gasteiger partial charge in [0.25, 0.3) is 10.0 Å². The van der Waals surface area contributed by atoms with Gasteiger partial charge in [-0.15, -0.1) is 0 Å². The van der Waals surface area contributed by atoms with E-state index in [1.807, 2.05) is 24.3 Å². The summed E-state index contributed by atoms with van der Waals surface area (Å²) in [5.41, 5.74) is 2.61. The van der Waals surface area contributed by atoms with Crippen molar-refractivity contribution in [1.82, 2.24) is 0 Å². The number of ether oxygens (including phenoxy) is 3. The van der Waals surface area contributed by atoms with Gasteiger partial charge < -0.3 is 14.2 Å². The normalized spacial score (nSPS) is 13.2. The zero-order chi connectivity index (χ0) is 24.3. The fourth-order valence-corrected chi connectivity index (χ4v) is 5.93. The largest absolute Gasteiger partial charge is 0.496 e.